The molecule has 1 aliphatic carbocycles. The fraction of sp³-hybridized carbons (Fsp3) is 0.583. The zero-order chi connectivity index (χ0) is 13.7. The van der Waals surface area contributed by atoms with Crippen molar-refractivity contribution in [3.8, 4) is 0 Å². The zero-order valence-electron chi connectivity index (χ0n) is 10.9. The lowest BCUT2D eigenvalue weighted by Gasteiger charge is -2.09. The van der Waals surface area contributed by atoms with Crippen LogP contribution in [0.2, 0.25) is 0 Å². The van der Waals surface area contributed by atoms with Gasteiger partial charge in [0.2, 0.25) is 11.9 Å². The Labute approximate surface area is 111 Å². The maximum absolute atomic E-state index is 13.5. The number of hydrogen-bond acceptors (Lipinski definition) is 5. The molecule has 0 unspecified atom stereocenters. The summed E-state index contributed by atoms with van der Waals surface area (Å²) in [6.07, 6.45) is 4.07. The minimum absolute atomic E-state index is 0.0116. The third kappa shape index (κ3) is 4.35. The molecule has 7 heteroatoms. The molecule has 0 aromatic carbocycles. The molecule has 1 aliphatic rings. The lowest BCUT2D eigenvalue weighted by Crippen LogP contribution is -2.31. The first-order valence-electron chi connectivity index (χ1n) is 6.48. The molecule has 104 valence electrons. The second-order valence-corrected chi connectivity index (χ2v) is 4.51. The van der Waals surface area contributed by atoms with Crippen molar-refractivity contribution >= 4 is 17.7 Å². The van der Waals surface area contributed by atoms with Crippen LogP contribution in [0.4, 0.5) is 16.2 Å². The van der Waals surface area contributed by atoms with E-state index in [0.717, 1.165) is 25.5 Å². The summed E-state index contributed by atoms with van der Waals surface area (Å²) in [6.45, 7) is 2.74. The highest BCUT2D eigenvalue weighted by Crippen LogP contribution is 2.18. The first-order valence-corrected chi connectivity index (χ1v) is 6.48. The molecule has 1 heterocycles. The van der Waals surface area contributed by atoms with Crippen molar-refractivity contribution in [3.63, 3.8) is 0 Å². The molecule has 0 spiro atoms. The molecule has 0 atom stereocenters. The van der Waals surface area contributed by atoms with Crippen molar-refractivity contribution in [2.24, 2.45) is 0 Å². The Morgan fingerprint density at radius 1 is 1.47 bits per heavy atom. The predicted molar refractivity (Wildman–Crippen MR) is 70.4 cm³/mol. The van der Waals surface area contributed by atoms with Gasteiger partial charge >= 0.3 is 0 Å². The van der Waals surface area contributed by atoms with Gasteiger partial charge in [-0.3, -0.25) is 4.79 Å². The van der Waals surface area contributed by atoms with Gasteiger partial charge in [0, 0.05) is 12.6 Å². The highest BCUT2D eigenvalue weighted by molar-refractivity contribution is 5.81. The van der Waals surface area contributed by atoms with Crippen LogP contribution in [-0.4, -0.2) is 35.0 Å². The van der Waals surface area contributed by atoms with Crippen molar-refractivity contribution < 1.29 is 9.18 Å². The van der Waals surface area contributed by atoms with E-state index in [1.165, 1.54) is 0 Å². The van der Waals surface area contributed by atoms with E-state index in [0.29, 0.717) is 18.5 Å². The van der Waals surface area contributed by atoms with Gasteiger partial charge in [0.15, 0.2) is 11.6 Å². The largest absolute Gasteiger partial charge is 0.358 e. The number of nitrogens with zero attached hydrogens (tertiary/aromatic N) is 2. The number of aromatic nitrogens is 2. The van der Waals surface area contributed by atoms with Crippen LogP contribution in [0.25, 0.3) is 0 Å². The fourth-order valence-electron chi connectivity index (χ4n) is 1.48. The molecule has 1 aromatic heterocycles. The standard InChI is InChI=1S/C12H18FN5O/c1-2-5-14-12-16-6-9(13)11(18-12)15-7-10(19)17-8-3-4-8/h6,8H,2-5,7H2,1H3,(H,17,19)(H2,14,15,16,18). The van der Waals surface area contributed by atoms with Crippen LogP contribution in [0.15, 0.2) is 6.20 Å². The molecule has 1 aromatic rings. The number of rotatable bonds is 7. The zero-order valence-corrected chi connectivity index (χ0v) is 10.9. The van der Waals surface area contributed by atoms with Gasteiger partial charge in [0.25, 0.3) is 0 Å². The number of halogens is 1. The van der Waals surface area contributed by atoms with Crippen LogP contribution in [0.5, 0.6) is 0 Å². The Bertz CT molecular complexity index is 450. The van der Waals surface area contributed by atoms with E-state index in [2.05, 4.69) is 25.9 Å². The molecular formula is C12H18FN5O. The fourth-order valence-corrected chi connectivity index (χ4v) is 1.48. The quantitative estimate of drug-likeness (QED) is 0.690. The lowest BCUT2D eigenvalue weighted by molar-refractivity contribution is -0.119. The van der Waals surface area contributed by atoms with Crippen LogP contribution >= 0.6 is 0 Å². The Morgan fingerprint density at radius 2 is 2.26 bits per heavy atom. The first-order chi connectivity index (χ1) is 9.19. The summed E-state index contributed by atoms with van der Waals surface area (Å²) < 4.78 is 13.5. The van der Waals surface area contributed by atoms with Gasteiger partial charge in [-0.15, -0.1) is 0 Å². The Hall–Kier alpha value is -1.92. The first kappa shape index (κ1) is 13.5. The number of hydrogen-bond donors (Lipinski definition) is 3. The van der Waals surface area contributed by atoms with Gasteiger partial charge in [-0.2, -0.15) is 4.98 Å². The highest BCUT2D eigenvalue weighted by Gasteiger charge is 2.23. The van der Waals surface area contributed by atoms with Crippen LogP contribution in [-0.2, 0) is 4.79 Å². The summed E-state index contributed by atoms with van der Waals surface area (Å²) in [4.78, 5) is 19.3. The van der Waals surface area contributed by atoms with Crippen molar-refractivity contribution in [2.75, 3.05) is 23.7 Å². The van der Waals surface area contributed by atoms with E-state index in [4.69, 9.17) is 0 Å². The smallest absolute Gasteiger partial charge is 0.239 e. The second-order valence-electron chi connectivity index (χ2n) is 4.51. The molecule has 0 bridgehead atoms. The summed E-state index contributed by atoms with van der Waals surface area (Å²) in [6, 6.07) is 0.298. The Morgan fingerprint density at radius 3 is 2.95 bits per heavy atom. The van der Waals surface area contributed by atoms with Gasteiger partial charge in [-0.25, -0.2) is 9.37 Å². The third-order valence-electron chi connectivity index (χ3n) is 2.64. The maximum Gasteiger partial charge on any atom is 0.239 e. The van der Waals surface area contributed by atoms with Crippen molar-refractivity contribution in [1.29, 1.82) is 0 Å². The number of amides is 1. The summed E-state index contributed by atoms with van der Waals surface area (Å²) in [5, 5.41) is 8.46. The topological polar surface area (TPSA) is 78.9 Å². The van der Waals surface area contributed by atoms with E-state index in [1.807, 2.05) is 6.92 Å². The highest BCUT2D eigenvalue weighted by atomic mass is 19.1. The molecule has 1 fully saturated rings. The van der Waals surface area contributed by atoms with E-state index < -0.39 is 5.82 Å². The molecular weight excluding hydrogens is 249 g/mol. The molecule has 0 saturated heterocycles. The number of carbonyl (C=O) groups is 1. The van der Waals surface area contributed by atoms with Crippen LogP contribution < -0.4 is 16.0 Å². The van der Waals surface area contributed by atoms with Crippen LogP contribution in [0, 0.1) is 5.82 Å². The van der Waals surface area contributed by atoms with E-state index in [1.54, 1.807) is 0 Å². The number of carbonyl (C=O) groups excluding carboxylic acids is 1. The molecule has 0 aliphatic heterocycles. The predicted octanol–water partition coefficient (Wildman–Crippen LogP) is 1.13. The van der Waals surface area contributed by atoms with Crippen molar-refractivity contribution in [3.05, 3.63) is 12.0 Å². The van der Waals surface area contributed by atoms with Crippen LogP contribution in [0.3, 0.4) is 0 Å². The van der Waals surface area contributed by atoms with Crippen molar-refractivity contribution in [2.45, 2.75) is 32.2 Å². The Kier molecular flexibility index (Phi) is 4.48. The van der Waals surface area contributed by atoms with Gasteiger partial charge in [-0.05, 0) is 19.3 Å². The summed E-state index contributed by atoms with van der Waals surface area (Å²) >= 11 is 0. The SMILES string of the molecule is CCCNc1ncc(F)c(NCC(=O)NC2CC2)n1. The molecule has 1 amide bonds. The summed E-state index contributed by atoms with van der Waals surface area (Å²) in [7, 11) is 0. The Balaban J connectivity index is 1.88. The molecule has 6 nitrogen and oxygen atoms in total. The van der Waals surface area contributed by atoms with Gasteiger partial charge in [0.1, 0.15) is 0 Å². The van der Waals surface area contributed by atoms with Gasteiger partial charge in [-0.1, -0.05) is 6.92 Å². The number of nitrogens with one attached hydrogen (secondary N) is 3. The van der Waals surface area contributed by atoms with E-state index >= 15 is 0 Å². The summed E-state index contributed by atoms with van der Waals surface area (Å²) in [5.74, 6) is -0.322. The average molecular weight is 267 g/mol. The van der Waals surface area contributed by atoms with E-state index in [-0.39, 0.29) is 18.3 Å². The minimum Gasteiger partial charge on any atom is -0.358 e. The van der Waals surface area contributed by atoms with Crippen molar-refractivity contribution in [1.82, 2.24) is 15.3 Å². The normalized spacial score (nSPS) is 14.0. The van der Waals surface area contributed by atoms with Gasteiger partial charge in [0.05, 0.1) is 12.7 Å². The lowest BCUT2D eigenvalue weighted by atomic mass is 10.4. The maximum atomic E-state index is 13.5. The monoisotopic (exact) mass is 267 g/mol. The molecule has 2 rings (SSSR count). The van der Waals surface area contributed by atoms with Crippen LogP contribution in [0.1, 0.15) is 26.2 Å². The minimum atomic E-state index is -0.568. The summed E-state index contributed by atoms with van der Waals surface area (Å²) in [5.41, 5.74) is 0. The average Bonchev–Trinajstić information content (AvgIpc) is 3.20. The van der Waals surface area contributed by atoms with Gasteiger partial charge < -0.3 is 16.0 Å². The molecule has 19 heavy (non-hydrogen) atoms. The molecule has 3 N–H and O–H groups in total. The molecule has 1 saturated carbocycles. The second kappa shape index (κ2) is 6.31. The number of anilines is 2. The molecule has 0 radical (unpaired) electrons. The third-order valence-corrected chi connectivity index (χ3v) is 2.64. The van der Waals surface area contributed by atoms with E-state index in [9.17, 15) is 9.18 Å².